The Morgan fingerprint density at radius 2 is 2.45 bits per heavy atom. The van der Waals surface area contributed by atoms with Crippen LogP contribution in [0.25, 0.3) is 0 Å². The van der Waals surface area contributed by atoms with Gasteiger partial charge in [-0.25, -0.2) is 0 Å². The third kappa shape index (κ3) is 1.82. The zero-order valence-corrected chi connectivity index (χ0v) is 6.83. The van der Waals surface area contributed by atoms with Crippen LogP contribution in [0.1, 0.15) is 24.3 Å². The van der Waals surface area contributed by atoms with E-state index in [0.29, 0.717) is 6.61 Å². The van der Waals surface area contributed by atoms with Gasteiger partial charge in [-0.05, 0) is 13.0 Å². The molecule has 0 radical (unpaired) electrons. The zero-order chi connectivity index (χ0) is 8.27. The molecule has 0 amide bonds. The third-order valence-corrected chi connectivity index (χ3v) is 1.49. The van der Waals surface area contributed by atoms with Crippen molar-refractivity contribution in [3.63, 3.8) is 0 Å². The number of ether oxygens (including phenoxy) is 1. The van der Waals surface area contributed by atoms with Crippen molar-refractivity contribution in [3.05, 3.63) is 23.7 Å². The van der Waals surface area contributed by atoms with Crippen LogP contribution in [-0.4, -0.2) is 7.11 Å². The lowest BCUT2D eigenvalue weighted by Crippen LogP contribution is -2.06. The molecule has 1 aromatic rings. The van der Waals surface area contributed by atoms with Crippen molar-refractivity contribution in [3.8, 4) is 0 Å². The standard InChI is InChI=1S/C8H13NO2/c1-6(9)8-7(5-10-2)3-4-11-8/h3-4,6H,5,9H2,1-2H3. The lowest BCUT2D eigenvalue weighted by Gasteiger charge is -2.03. The molecule has 62 valence electrons. The molecule has 0 aliphatic rings. The van der Waals surface area contributed by atoms with Gasteiger partial charge in [0.2, 0.25) is 0 Å². The smallest absolute Gasteiger partial charge is 0.125 e. The molecule has 0 bridgehead atoms. The van der Waals surface area contributed by atoms with Gasteiger partial charge in [0.05, 0.1) is 18.9 Å². The predicted octanol–water partition coefficient (Wildman–Crippen LogP) is 1.45. The van der Waals surface area contributed by atoms with Gasteiger partial charge >= 0.3 is 0 Å². The summed E-state index contributed by atoms with van der Waals surface area (Å²) in [5.41, 5.74) is 6.67. The summed E-state index contributed by atoms with van der Waals surface area (Å²) in [5.74, 6) is 0.812. The minimum atomic E-state index is -0.0600. The van der Waals surface area contributed by atoms with Crippen molar-refractivity contribution in [2.45, 2.75) is 19.6 Å². The summed E-state index contributed by atoms with van der Waals surface area (Å²) in [6.07, 6.45) is 1.63. The van der Waals surface area contributed by atoms with Crippen LogP contribution >= 0.6 is 0 Å². The van der Waals surface area contributed by atoms with Crippen molar-refractivity contribution in [2.24, 2.45) is 5.73 Å². The first kappa shape index (κ1) is 8.30. The average molecular weight is 155 g/mol. The summed E-state index contributed by atoms with van der Waals surface area (Å²) in [4.78, 5) is 0. The molecule has 0 spiro atoms. The highest BCUT2D eigenvalue weighted by molar-refractivity contribution is 5.18. The molecule has 2 N–H and O–H groups in total. The number of hydrogen-bond donors (Lipinski definition) is 1. The van der Waals surface area contributed by atoms with Crippen molar-refractivity contribution >= 4 is 0 Å². The van der Waals surface area contributed by atoms with E-state index in [4.69, 9.17) is 14.9 Å². The van der Waals surface area contributed by atoms with Gasteiger partial charge < -0.3 is 14.9 Å². The Labute approximate surface area is 66.1 Å². The summed E-state index contributed by atoms with van der Waals surface area (Å²) in [6.45, 7) is 2.45. The second kappa shape index (κ2) is 3.55. The van der Waals surface area contributed by atoms with Crippen LogP contribution in [0.5, 0.6) is 0 Å². The molecule has 1 atom stereocenters. The van der Waals surface area contributed by atoms with Crippen LogP contribution in [0.15, 0.2) is 16.7 Å². The second-order valence-corrected chi connectivity index (χ2v) is 2.53. The van der Waals surface area contributed by atoms with E-state index >= 15 is 0 Å². The van der Waals surface area contributed by atoms with E-state index in [0.717, 1.165) is 11.3 Å². The van der Waals surface area contributed by atoms with Gasteiger partial charge in [0.15, 0.2) is 0 Å². The fourth-order valence-corrected chi connectivity index (χ4v) is 1.02. The van der Waals surface area contributed by atoms with E-state index in [1.807, 2.05) is 13.0 Å². The zero-order valence-electron chi connectivity index (χ0n) is 6.83. The van der Waals surface area contributed by atoms with Crippen molar-refractivity contribution in [1.29, 1.82) is 0 Å². The van der Waals surface area contributed by atoms with Crippen LogP contribution in [0.2, 0.25) is 0 Å². The van der Waals surface area contributed by atoms with Crippen molar-refractivity contribution in [2.75, 3.05) is 7.11 Å². The molecule has 11 heavy (non-hydrogen) atoms. The van der Waals surface area contributed by atoms with Crippen LogP contribution in [0, 0.1) is 0 Å². The largest absolute Gasteiger partial charge is 0.467 e. The third-order valence-electron chi connectivity index (χ3n) is 1.49. The normalized spacial score (nSPS) is 13.4. The predicted molar refractivity (Wildman–Crippen MR) is 42.0 cm³/mol. The topological polar surface area (TPSA) is 48.4 Å². The maximum atomic E-state index is 5.64. The maximum absolute atomic E-state index is 5.64. The monoisotopic (exact) mass is 155 g/mol. The molecule has 0 fully saturated rings. The second-order valence-electron chi connectivity index (χ2n) is 2.53. The lowest BCUT2D eigenvalue weighted by molar-refractivity contribution is 0.182. The molecule has 1 heterocycles. The van der Waals surface area contributed by atoms with E-state index in [9.17, 15) is 0 Å². The lowest BCUT2D eigenvalue weighted by atomic mass is 10.2. The molecular formula is C8H13NO2. The molecular weight excluding hydrogens is 142 g/mol. The van der Waals surface area contributed by atoms with Gasteiger partial charge in [0.1, 0.15) is 5.76 Å². The maximum Gasteiger partial charge on any atom is 0.125 e. The van der Waals surface area contributed by atoms with E-state index in [1.54, 1.807) is 13.4 Å². The Hall–Kier alpha value is -0.800. The highest BCUT2D eigenvalue weighted by atomic mass is 16.5. The number of methoxy groups -OCH3 is 1. The van der Waals surface area contributed by atoms with Gasteiger partial charge in [0.25, 0.3) is 0 Å². The quantitative estimate of drug-likeness (QED) is 0.718. The van der Waals surface area contributed by atoms with Crippen LogP contribution < -0.4 is 5.73 Å². The first-order valence-corrected chi connectivity index (χ1v) is 3.56. The SMILES string of the molecule is COCc1ccoc1C(C)N. The summed E-state index contributed by atoms with van der Waals surface area (Å²) in [7, 11) is 1.65. The molecule has 0 saturated carbocycles. The number of nitrogens with two attached hydrogens (primary N) is 1. The molecule has 0 aromatic carbocycles. The van der Waals surface area contributed by atoms with Crippen LogP contribution in [-0.2, 0) is 11.3 Å². The summed E-state index contributed by atoms with van der Waals surface area (Å²) in [5, 5.41) is 0. The highest BCUT2D eigenvalue weighted by Gasteiger charge is 2.09. The summed E-state index contributed by atoms with van der Waals surface area (Å²) < 4.78 is 10.1. The van der Waals surface area contributed by atoms with Gasteiger partial charge in [-0.2, -0.15) is 0 Å². The fraction of sp³-hybridized carbons (Fsp3) is 0.500. The molecule has 1 aromatic heterocycles. The molecule has 0 saturated heterocycles. The Morgan fingerprint density at radius 1 is 1.73 bits per heavy atom. The number of hydrogen-bond acceptors (Lipinski definition) is 3. The molecule has 0 aliphatic heterocycles. The number of rotatable bonds is 3. The fourth-order valence-electron chi connectivity index (χ4n) is 1.02. The van der Waals surface area contributed by atoms with E-state index in [-0.39, 0.29) is 6.04 Å². The van der Waals surface area contributed by atoms with E-state index < -0.39 is 0 Å². The van der Waals surface area contributed by atoms with Gasteiger partial charge in [0, 0.05) is 12.7 Å². The Kier molecular flexibility index (Phi) is 2.68. The highest BCUT2D eigenvalue weighted by Crippen LogP contribution is 2.17. The Morgan fingerprint density at radius 3 is 3.00 bits per heavy atom. The molecule has 1 unspecified atom stereocenters. The Bertz CT molecular complexity index is 218. The van der Waals surface area contributed by atoms with Gasteiger partial charge in [-0.1, -0.05) is 0 Å². The van der Waals surface area contributed by atoms with Gasteiger partial charge in [-0.15, -0.1) is 0 Å². The minimum absolute atomic E-state index is 0.0600. The molecule has 3 nitrogen and oxygen atoms in total. The molecule has 0 aliphatic carbocycles. The number of furan rings is 1. The molecule has 3 heteroatoms. The minimum Gasteiger partial charge on any atom is -0.467 e. The van der Waals surface area contributed by atoms with Crippen LogP contribution in [0.3, 0.4) is 0 Å². The Balaban J connectivity index is 2.78. The first-order valence-electron chi connectivity index (χ1n) is 3.56. The van der Waals surface area contributed by atoms with E-state index in [2.05, 4.69) is 0 Å². The molecule has 1 rings (SSSR count). The summed E-state index contributed by atoms with van der Waals surface area (Å²) >= 11 is 0. The van der Waals surface area contributed by atoms with Gasteiger partial charge in [-0.3, -0.25) is 0 Å². The van der Waals surface area contributed by atoms with Crippen molar-refractivity contribution in [1.82, 2.24) is 0 Å². The summed E-state index contributed by atoms with van der Waals surface area (Å²) in [6, 6.07) is 1.82. The van der Waals surface area contributed by atoms with Crippen molar-refractivity contribution < 1.29 is 9.15 Å². The average Bonchev–Trinajstić information content (AvgIpc) is 2.36. The first-order chi connectivity index (χ1) is 5.25. The van der Waals surface area contributed by atoms with E-state index in [1.165, 1.54) is 0 Å². The van der Waals surface area contributed by atoms with Crippen LogP contribution in [0.4, 0.5) is 0 Å².